The van der Waals surface area contributed by atoms with Gasteiger partial charge in [0.1, 0.15) is 0 Å². The van der Waals surface area contributed by atoms with Gasteiger partial charge in [0.15, 0.2) is 0 Å². The Hall–Kier alpha value is -4.03. The number of carbonyl (C=O) groups is 1. The first-order chi connectivity index (χ1) is 18.9. The Labute approximate surface area is 231 Å². The Morgan fingerprint density at radius 3 is 2.52 bits per heavy atom. The van der Waals surface area contributed by atoms with E-state index in [2.05, 4.69) is 20.6 Å². The number of anilines is 3. The first-order valence-corrected chi connectivity index (χ1v) is 13.0. The number of nitrogens with two attached hydrogens (primary N) is 2. The standard InChI is InChI=1S/C28H35F3N8O/c1-18-6-7-20(14-26(18)39(33)17-24(32)22-16-35-37(3)19(22)2)27(40)36-21-8-9-25(23(15-21)28(29,30)31)34-10-13-38-11-4-5-12-38/h6-9,14-17,34H,4-5,10-13,32-33H2,1-3H3,(H,36,40)/b24-17-. The molecule has 1 amide bonds. The molecule has 1 aliphatic rings. The summed E-state index contributed by atoms with van der Waals surface area (Å²) in [5.74, 6) is 5.69. The molecular weight excluding hydrogens is 521 g/mol. The third kappa shape index (κ3) is 6.75. The van der Waals surface area contributed by atoms with Crippen LogP contribution in [0.25, 0.3) is 5.70 Å². The highest BCUT2D eigenvalue weighted by Crippen LogP contribution is 2.37. The predicted molar refractivity (Wildman–Crippen MR) is 152 cm³/mol. The number of aryl methyl sites for hydroxylation is 2. The van der Waals surface area contributed by atoms with Gasteiger partial charge < -0.3 is 21.3 Å². The molecule has 9 nitrogen and oxygen atoms in total. The van der Waals surface area contributed by atoms with Crippen LogP contribution in [0.4, 0.5) is 30.2 Å². The van der Waals surface area contributed by atoms with Crippen molar-refractivity contribution in [1.29, 1.82) is 0 Å². The summed E-state index contributed by atoms with van der Waals surface area (Å²) in [4.78, 5) is 15.3. The first-order valence-electron chi connectivity index (χ1n) is 13.0. The number of carbonyl (C=O) groups excluding carboxylic acids is 1. The van der Waals surface area contributed by atoms with Gasteiger partial charge in [0, 0.05) is 54.5 Å². The van der Waals surface area contributed by atoms with Crippen molar-refractivity contribution in [3.63, 3.8) is 0 Å². The van der Waals surface area contributed by atoms with Crippen LogP contribution in [0.15, 0.2) is 48.8 Å². The molecule has 1 aliphatic heterocycles. The number of alkyl halides is 3. The van der Waals surface area contributed by atoms with E-state index in [9.17, 15) is 18.0 Å². The van der Waals surface area contributed by atoms with Gasteiger partial charge in [-0.05, 0) is 75.7 Å². The number of hydrogen-bond donors (Lipinski definition) is 4. The fourth-order valence-electron chi connectivity index (χ4n) is 4.67. The molecule has 1 saturated heterocycles. The molecule has 214 valence electrons. The molecule has 3 aromatic rings. The van der Waals surface area contributed by atoms with Crippen molar-refractivity contribution in [2.45, 2.75) is 32.9 Å². The molecule has 40 heavy (non-hydrogen) atoms. The molecule has 2 aromatic carbocycles. The summed E-state index contributed by atoms with van der Waals surface area (Å²) >= 11 is 0. The van der Waals surface area contributed by atoms with Gasteiger partial charge in [0.25, 0.3) is 5.91 Å². The van der Waals surface area contributed by atoms with E-state index in [4.69, 9.17) is 11.6 Å². The van der Waals surface area contributed by atoms with E-state index < -0.39 is 17.6 Å². The number of aromatic nitrogens is 2. The van der Waals surface area contributed by atoms with Crippen LogP contribution in [0.5, 0.6) is 0 Å². The molecule has 0 unspecified atom stereocenters. The summed E-state index contributed by atoms with van der Waals surface area (Å²) in [6, 6.07) is 8.59. The van der Waals surface area contributed by atoms with Gasteiger partial charge in [-0.3, -0.25) is 14.5 Å². The van der Waals surface area contributed by atoms with Gasteiger partial charge in [0.05, 0.1) is 23.1 Å². The number of nitrogens with one attached hydrogen (secondary N) is 2. The summed E-state index contributed by atoms with van der Waals surface area (Å²) in [5, 5.41) is 11.0. The molecule has 12 heteroatoms. The molecule has 0 atom stereocenters. The van der Waals surface area contributed by atoms with Gasteiger partial charge in [-0.25, -0.2) is 5.84 Å². The van der Waals surface area contributed by atoms with Crippen LogP contribution < -0.4 is 27.2 Å². The highest BCUT2D eigenvalue weighted by atomic mass is 19.4. The van der Waals surface area contributed by atoms with Crippen molar-refractivity contribution in [1.82, 2.24) is 14.7 Å². The second-order valence-electron chi connectivity index (χ2n) is 9.95. The maximum absolute atomic E-state index is 13.9. The summed E-state index contributed by atoms with van der Waals surface area (Å²) in [6.07, 6.45) is 0.800. The Bertz CT molecular complexity index is 1390. The number of amides is 1. The van der Waals surface area contributed by atoms with E-state index in [0.29, 0.717) is 24.5 Å². The number of benzene rings is 2. The Morgan fingerprint density at radius 1 is 1.15 bits per heavy atom. The zero-order valence-electron chi connectivity index (χ0n) is 22.8. The maximum Gasteiger partial charge on any atom is 0.418 e. The highest BCUT2D eigenvalue weighted by molar-refractivity contribution is 6.05. The molecule has 2 heterocycles. The van der Waals surface area contributed by atoms with Gasteiger partial charge in [-0.1, -0.05) is 6.07 Å². The minimum atomic E-state index is -4.59. The Kier molecular flexibility index (Phi) is 8.70. The summed E-state index contributed by atoms with van der Waals surface area (Å²) in [6.45, 7) is 6.70. The van der Waals surface area contributed by atoms with Gasteiger partial charge in [-0.15, -0.1) is 0 Å². The van der Waals surface area contributed by atoms with Gasteiger partial charge >= 0.3 is 6.18 Å². The first kappa shape index (κ1) is 29.0. The summed E-state index contributed by atoms with van der Waals surface area (Å²) < 4.78 is 43.2. The lowest BCUT2D eigenvalue weighted by Gasteiger charge is -2.20. The third-order valence-corrected chi connectivity index (χ3v) is 7.10. The molecule has 0 saturated carbocycles. The number of nitrogens with zero attached hydrogens (tertiary/aromatic N) is 4. The number of rotatable bonds is 9. The van der Waals surface area contributed by atoms with Crippen LogP contribution in [-0.4, -0.2) is 46.8 Å². The van der Waals surface area contributed by atoms with Crippen molar-refractivity contribution in [2.24, 2.45) is 18.6 Å². The summed E-state index contributed by atoms with van der Waals surface area (Å²) in [5.41, 5.74) is 8.87. The van der Waals surface area contributed by atoms with E-state index in [0.717, 1.165) is 48.8 Å². The van der Waals surface area contributed by atoms with Crippen molar-refractivity contribution >= 4 is 28.7 Å². The number of halogens is 3. The van der Waals surface area contributed by atoms with E-state index >= 15 is 0 Å². The van der Waals surface area contributed by atoms with Crippen LogP contribution in [-0.2, 0) is 13.2 Å². The second kappa shape index (κ2) is 12.0. The van der Waals surface area contributed by atoms with Crippen molar-refractivity contribution in [3.8, 4) is 0 Å². The molecular formula is C28H35F3N8O. The van der Waals surface area contributed by atoms with Crippen molar-refractivity contribution in [2.75, 3.05) is 41.8 Å². The Balaban J connectivity index is 1.49. The quantitative estimate of drug-likeness (QED) is 0.227. The van der Waals surface area contributed by atoms with Crippen molar-refractivity contribution < 1.29 is 18.0 Å². The average molecular weight is 557 g/mol. The monoisotopic (exact) mass is 556 g/mol. The van der Waals surface area contributed by atoms with Crippen LogP contribution >= 0.6 is 0 Å². The maximum atomic E-state index is 13.9. The molecule has 6 N–H and O–H groups in total. The number of hydrogen-bond acceptors (Lipinski definition) is 7. The highest BCUT2D eigenvalue weighted by Gasteiger charge is 2.34. The lowest BCUT2D eigenvalue weighted by molar-refractivity contribution is -0.136. The normalized spacial score (nSPS) is 14.4. The molecule has 0 bridgehead atoms. The molecule has 1 aromatic heterocycles. The third-order valence-electron chi connectivity index (χ3n) is 7.10. The lowest BCUT2D eigenvalue weighted by atomic mass is 10.1. The van der Waals surface area contributed by atoms with E-state index in [-0.39, 0.29) is 16.9 Å². The topological polar surface area (TPSA) is 117 Å². The fraction of sp³-hybridized carbons (Fsp3) is 0.357. The van der Waals surface area contributed by atoms with E-state index in [1.54, 1.807) is 36.1 Å². The van der Waals surface area contributed by atoms with Gasteiger partial charge in [0.2, 0.25) is 0 Å². The van der Waals surface area contributed by atoms with Crippen molar-refractivity contribution in [3.05, 3.63) is 76.7 Å². The minimum Gasteiger partial charge on any atom is -0.397 e. The van der Waals surface area contributed by atoms with Crippen LogP contribution in [0.1, 0.15) is 45.6 Å². The molecule has 0 spiro atoms. The van der Waals surface area contributed by atoms with E-state index in [1.165, 1.54) is 23.3 Å². The van der Waals surface area contributed by atoms with E-state index in [1.807, 2.05) is 13.8 Å². The molecule has 4 rings (SSSR count). The molecule has 1 fully saturated rings. The smallest absolute Gasteiger partial charge is 0.397 e. The minimum absolute atomic E-state index is 0.0191. The molecule has 0 radical (unpaired) electrons. The molecule has 0 aliphatic carbocycles. The summed E-state index contributed by atoms with van der Waals surface area (Å²) in [7, 11) is 1.80. The zero-order valence-corrected chi connectivity index (χ0v) is 22.8. The SMILES string of the molecule is Cc1ccc(C(=O)Nc2ccc(NCCN3CCCC3)c(C(F)(F)F)c2)cc1N(N)/C=C(\N)c1cnn(C)c1C. The number of hydrazine groups is 1. The lowest BCUT2D eigenvalue weighted by Crippen LogP contribution is -2.27. The predicted octanol–water partition coefficient (Wildman–Crippen LogP) is 4.45. The van der Waals surface area contributed by atoms with Crippen LogP contribution in [0.3, 0.4) is 0 Å². The fourth-order valence-corrected chi connectivity index (χ4v) is 4.67. The second-order valence-corrected chi connectivity index (χ2v) is 9.95. The average Bonchev–Trinajstić information content (AvgIpc) is 3.54. The number of likely N-dealkylation sites (tertiary alicyclic amines) is 1. The largest absolute Gasteiger partial charge is 0.418 e. The van der Waals surface area contributed by atoms with Crippen LogP contribution in [0.2, 0.25) is 0 Å². The van der Waals surface area contributed by atoms with Crippen LogP contribution in [0, 0.1) is 13.8 Å². The van der Waals surface area contributed by atoms with Gasteiger partial charge in [-0.2, -0.15) is 18.3 Å². The zero-order chi connectivity index (χ0) is 29.0. The Morgan fingerprint density at radius 2 is 1.88 bits per heavy atom.